The fourth-order valence-electron chi connectivity index (χ4n) is 1.75. The van der Waals surface area contributed by atoms with Crippen molar-refractivity contribution in [1.29, 1.82) is 0 Å². The molecule has 0 fully saturated rings. The number of carbonyl (C=O) groups excluding carboxylic acids is 2. The van der Waals surface area contributed by atoms with Crippen LogP contribution in [0.15, 0.2) is 65.6 Å². The van der Waals surface area contributed by atoms with Crippen LogP contribution in [0.5, 0.6) is 0 Å². The average Bonchev–Trinajstić information content (AvgIpc) is 2.53. The van der Waals surface area contributed by atoms with Gasteiger partial charge >= 0.3 is 0 Å². The standard InChI is InChI=1S/C15H14N2O4S/c1-12(18)17(16-15(19)13-8-4-2-5-9-13)22(20,21)14-10-6-3-7-11-14/h2-11H,1H3,(H,16,19). The molecule has 2 aromatic rings. The largest absolute Gasteiger partial charge is 0.284 e. The second-order valence-electron chi connectivity index (χ2n) is 4.41. The van der Waals surface area contributed by atoms with Gasteiger partial charge in [0.05, 0.1) is 4.90 Å². The van der Waals surface area contributed by atoms with Crippen molar-refractivity contribution in [3.63, 3.8) is 0 Å². The molecule has 0 aromatic heterocycles. The molecule has 0 aliphatic rings. The van der Waals surface area contributed by atoms with E-state index < -0.39 is 21.8 Å². The van der Waals surface area contributed by atoms with Gasteiger partial charge in [0.15, 0.2) is 0 Å². The Kier molecular flexibility index (Phi) is 4.57. The first kappa shape index (κ1) is 15.7. The quantitative estimate of drug-likeness (QED) is 0.871. The molecule has 22 heavy (non-hydrogen) atoms. The number of nitrogens with one attached hydrogen (secondary N) is 1. The van der Waals surface area contributed by atoms with E-state index in [-0.39, 0.29) is 10.5 Å². The lowest BCUT2D eigenvalue weighted by atomic mass is 10.2. The Balaban J connectivity index is 2.32. The van der Waals surface area contributed by atoms with E-state index in [0.717, 1.165) is 6.92 Å². The molecule has 0 aliphatic heterocycles. The lowest BCUT2D eigenvalue weighted by Gasteiger charge is -2.21. The highest BCUT2D eigenvalue weighted by atomic mass is 32.2. The van der Waals surface area contributed by atoms with E-state index in [1.807, 2.05) is 0 Å². The Hall–Kier alpha value is -2.67. The molecule has 0 radical (unpaired) electrons. The molecule has 114 valence electrons. The van der Waals surface area contributed by atoms with Crippen molar-refractivity contribution in [2.45, 2.75) is 11.8 Å². The number of hydrogen-bond donors (Lipinski definition) is 1. The van der Waals surface area contributed by atoms with Crippen molar-refractivity contribution in [2.75, 3.05) is 0 Å². The van der Waals surface area contributed by atoms with Crippen LogP contribution in [-0.4, -0.2) is 24.6 Å². The molecule has 0 aliphatic carbocycles. The molecule has 6 nitrogen and oxygen atoms in total. The third-order valence-corrected chi connectivity index (χ3v) is 4.50. The number of rotatable bonds is 3. The van der Waals surface area contributed by atoms with E-state index in [2.05, 4.69) is 5.43 Å². The van der Waals surface area contributed by atoms with Gasteiger partial charge < -0.3 is 0 Å². The molecular formula is C15H14N2O4S. The zero-order valence-electron chi connectivity index (χ0n) is 11.8. The minimum atomic E-state index is -4.15. The first-order chi connectivity index (χ1) is 10.4. The van der Waals surface area contributed by atoms with Gasteiger partial charge in [0.1, 0.15) is 0 Å². The van der Waals surface area contributed by atoms with Crippen LogP contribution in [0.2, 0.25) is 0 Å². The zero-order chi connectivity index (χ0) is 16.2. The molecule has 0 heterocycles. The normalized spacial score (nSPS) is 10.8. The molecule has 0 atom stereocenters. The zero-order valence-corrected chi connectivity index (χ0v) is 12.6. The minimum Gasteiger partial charge on any atom is -0.272 e. The van der Waals surface area contributed by atoms with Crippen LogP contribution in [0.1, 0.15) is 17.3 Å². The summed E-state index contributed by atoms with van der Waals surface area (Å²) in [5.41, 5.74) is 2.38. The number of hydrogen-bond acceptors (Lipinski definition) is 4. The van der Waals surface area contributed by atoms with E-state index in [1.165, 1.54) is 36.4 Å². The van der Waals surface area contributed by atoms with Gasteiger partial charge in [-0.15, -0.1) is 4.41 Å². The van der Waals surface area contributed by atoms with E-state index in [4.69, 9.17) is 0 Å². The Morgan fingerprint density at radius 2 is 1.41 bits per heavy atom. The van der Waals surface area contributed by atoms with Crippen LogP contribution in [0.25, 0.3) is 0 Å². The fraction of sp³-hybridized carbons (Fsp3) is 0.0667. The summed E-state index contributed by atoms with van der Waals surface area (Å²) in [6.07, 6.45) is 0. The molecule has 0 spiro atoms. The number of amides is 2. The van der Waals surface area contributed by atoms with Crippen LogP contribution in [0.3, 0.4) is 0 Å². The van der Waals surface area contributed by atoms with Gasteiger partial charge in [-0.2, -0.15) is 8.42 Å². The molecule has 1 N–H and O–H groups in total. The maximum Gasteiger partial charge on any atom is 0.284 e. The molecule has 0 unspecified atom stereocenters. The van der Waals surface area contributed by atoms with Crippen LogP contribution < -0.4 is 5.43 Å². The maximum atomic E-state index is 12.4. The number of hydrazine groups is 1. The van der Waals surface area contributed by atoms with Crippen molar-refractivity contribution >= 4 is 21.8 Å². The van der Waals surface area contributed by atoms with Gasteiger partial charge in [-0.25, -0.2) is 5.43 Å². The number of nitrogens with zero attached hydrogens (tertiary/aromatic N) is 1. The smallest absolute Gasteiger partial charge is 0.272 e. The van der Waals surface area contributed by atoms with E-state index in [0.29, 0.717) is 4.41 Å². The summed E-state index contributed by atoms with van der Waals surface area (Å²) >= 11 is 0. The highest BCUT2D eigenvalue weighted by Crippen LogP contribution is 2.14. The first-order valence-corrected chi connectivity index (χ1v) is 7.84. The van der Waals surface area contributed by atoms with Crippen molar-refractivity contribution in [1.82, 2.24) is 9.84 Å². The summed E-state index contributed by atoms with van der Waals surface area (Å²) in [5, 5.41) is 0. The first-order valence-electron chi connectivity index (χ1n) is 6.40. The van der Waals surface area contributed by atoms with Crippen LogP contribution >= 0.6 is 0 Å². The van der Waals surface area contributed by atoms with E-state index >= 15 is 0 Å². The Labute approximate surface area is 128 Å². The lowest BCUT2D eigenvalue weighted by molar-refractivity contribution is -0.125. The average molecular weight is 318 g/mol. The second kappa shape index (κ2) is 6.40. The summed E-state index contributed by atoms with van der Waals surface area (Å²) < 4.78 is 25.2. The summed E-state index contributed by atoms with van der Waals surface area (Å²) in [6.45, 7) is 1.06. The van der Waals surface area contributed by atoms with Gasteiger partial charge in [0.2, 0.25) is 0 Å². The van der Waals surface area contributed by atoms with Gasteiger partial charge in [-0.1, -0.05) is 36.4 Å². The summed E-state index contributed by atoms with van der Waals surface area (Å²) in [6, 6.07) is 15.4. The molecule has 0 saturated heterocycles. The highest BCUT2D eigenvalue weighted by Gasteiger charge is 2.28. The SMILES string of the molecule is CC(=O)N(NC(=O)c1ccccc1)S(=O)(=O)c1ccccc1. The maximum absolute atomic E-state index is 12.4. The molecule has 0 saturated carbocycles. The van der Waals surface area contributed by atoms with Crippen LogP contribution in [0.4, 0.5) is 0 Å². The summed E-state index contributed by atoms with van der Waals surface area (Å²) in [4.78, 5) is 23.6. The van der Waals surface area contributed by atoms with Gasteiger partial charge in [0.25, 0.3) is 21.8 Å². The summed E-state index contributed by atoms with van der Waals surface area (Å²) in [7, 11) is -4.15. The Morgan fingerprint density at radius 3 is 1.91 bits per heavy atom. The third kappa shape index (κ3) is 3.32. The number of carbonyl (C=O) groups is 2. The van der Waals surface area contributed by atoms with Crippen molar-refractivity contribution in [2.24, 2.45) is 0 Å². The second-order valence-corrected chi connectivity index (χ2v) is 6.20. The Bertz CT molecular complexity index is 774. The topological polar surface area (TPSA) is 83.6 Å². The van der Waals surface area contributed by atoms with Crippen molar-refractivity contribution in [3.05, 3.63) is 66.2 Å². The van der Waals surface area contributed by atoms with Gasteiger partial charge in [0, 0.05) is 12.5 Å². The van der Waals surface area contributed by atoms with E-state index in [9.17, 15) is 18.0 Å². The third-order valence-electron chi connectivity index (χ3n) is 2.81. The fourth-order valence-corrected chi connectivity index (χ4v) is 3.01. The monoisotopic (exact) mass is 318 g/mol. The molecule has 7 heteroatoms. The van der Waals surface area contributed by atoms with Crippen LogP contribution in [-0.2, 0) is 14.8 Å². The predicted molar refractivity (Wildman–Crippen MR) is 80.1 cm³/mol. The predicted octanol–water partition coefficient (Wildman–Crippen LogP) is 1.57. The van der Waals surface area contributed by atoms with E-state index in [1.54, 1.807) is 24.3 Å². The Morgan fingerprint density at radius 1 is 0.909 bits per heavy atom. The molecule has 2 rings (SSSR count). The van der Waals surface area contributed by atoms with Gasteiger partial charge in [-0.05, 0) is 24.3 Å². The molecule has 0 bridgehead atoms. The van der Waals surface area contributed by atoms with Crippen molar-refractivity contribution in [3.8, 4) is 0 Å². The number of benzene rings is 2. The number of sulfonamides is 1. The molecular weight excluding hydrogens is 304 g/mol. The van der Waals surface area contributed by atoms with Gasteiger partial charge in [-0.3, -0.25) is 9.59 Å². The minimum absolute atomic E-state index is 0.0847. The lowest BCUT2D eigenvalue weighted by Crippen LogP contribution is -2.48. The highest BCUT2D eigenvalue weighted by molar-refractivity contribution is 7.89. The van der Waals surface area contributed by atoms with Crippen LogP contribution in [0, 0.1) is 0 Å². The molecule has 2 aromatic carbocycles. The van der Waals surface area contributed by atoms with Crippen molar-refractivity contribution < 1.29 is 18.0 Å². The molecule has 2 amide bonds. The summed E-state index contributed by atoms with van der Waals surface area (Å²) in [5.74, 6) is -1.50.